The number of hydrogen-bond acceptors (Lipinski definition) is 2. The molecule has 0 aromatic heterocycles. The molecule has 2 nitrogen and oxygen atoms in total. The molecule has 1 unspecified atom stereocenters. The van der Waals surface area contributed by atoms with Gasteiger partial charge < -0.3 is 5.32 Å². The Bertz CT molecular complexity index is 361. The third-order valence-electron chi connectivity index (χ3n) is 1.56. The lowest BCUT2D eigenvalue weighted by molar-refractivity contribution is 1.01. The Morgan fingerprint density at radius 3 is 2.21 bits per heavy atom. The van der Waals surface area contributed by atoms with Crippen molar-refractivity contribution in [1.82, 2.24) is 0 Å². The van der Waals surface area contributed by atoms with Gasteiger partial charge in [0.25, 0.3) is 0 Å². The molecule has 0 radical (unpaired) electrons. The lowest BCUT2D eigenvalue weighted by atomic mass is 10.3. The summed E-state index contributed by atoms with van der Waals surface area (Å²) in [5.41, 5.74) is 0.891. The van der Waals surface area contributed by atoms with Crippen LogP contribution >= 0.6 is 47.8 Å². The normalized spacial score (nSPS) is 11.9. The van der Waals surface area contributed by atoms with E-state index in [0.717, 1.165) is 19.1 Å². The van der Waals surface area contributed by atoms with Crippen LogP contribution in [0.25, 0.3) is 0 Å². The molecule has 0 saturated heterocycles. The van der Waals surface area contributed by atoms with Crippen LogP contribution in [-0.2, 0) is 0 Å². The van der Waals surface area contributed by atoms with Crippen LogP contribution in [0.1, 0.15) is 6.92 Å². The van der Waals surface area contributed by atoms with E-state index in [1.807, 2.05) is 12.1 Å². The molecular weight excluding hydrogens is 376 g/mol. The molecule has 14 heavy (non-hydrogen) atoms. The largest absolute Gasteiger partial charge is 0.368 e. The van der Waals surface area contributed by atoms with Gasteiger partial charge in [-0.15, -0.1) is 0 Å². The van der Waals surface area contributed by atoms with Crippen molar-refractivity contribution in [2.75, 3.05) is 5.32 Å². The Balaban J connectivity index is 3.04. The maximum absolute atomic E-state index is 8.68. The number of hydrogen-bond donors (Lipinski definition) is 1. The molecule has 0 heterocycles. The molecule has 1 aromatic carbocycles. The highest BCUT2D eigenvalue weighted by Crippen LogP contribution is 2.34. The molecule has 5 heteroatoms. The maximum Gasteiger partial charge on any atom is 0.111 e. The molecule has 0 aliphatic heterocycles. The molecule has 0 amide bonds. The van der Waals surface area contributed by atoms with E-state index in [4.69, 9.17) is 5.26 Å². The van der Waals surface area contributed by atoms with E-state index < -0.39 is 0 Å². The lowest BCUT2D eigenvalue weighted by Crippen LogP contribution is -2.12. The van der Waals surface area contributed by atoms with Gasteiger partial charge in [-0.05, 0) is 50.9 Å². The van der Waals surface area contributed by atoms with Gasteiger partial charge in [0.1, 0.15) is 6.04 Å². The standard InChI is InChI=1S/C9H7Br3N2/c1-5(4-13)14-9-7(11)2-6(10)3-8(9)12/h2-3,5,14H,1H3. The first kappa shape index (κ1) is 12.0. The first-order valence-corrected chi connectivity index (χ1v) is 6.23. The summed E-state index contributed by atoms with van der Waals surface area (Å²) in [6, 6.07) is 5.75. The number of nitriles is 1. The fourth-order valence-corrected chi connectivity index (χ4v) is 3.42. The second kappa shape index (κ2) is 5.15. The number of benzene rings is 1. The van der Waals surface area contributed by atoms with Gasteiger partial charge >= 0.3 is 0 Å². The third-order valence-corrected chi connectivity index (χ3v) is 3.27. The quantitative estimate of drug-likeness (QED) is 0.827. The van der Waals surface area contributed by atoms with Crippen LogP contribution in [0, 0.1) is 11.3 Å². The monoisotopic (exact) mass is 380 g/mol. The summed E-state index contributed by atoms with van der Waals surface area (Å²) in [7, 11) is 0. The van der Waals surface area contributed by atoms with Crippen LogP contribution in [0.3, 0.4) is 0 Å². The average Bonchev–Trinajstić information content (AvgIpc) is 2.10. The van der Waals surface area contributed by atoms with Gasteiger partial charge in [-0.2, -0.15) is 5.26 Å². The number of anilines is 1. The summed E-state index contributed by atoms with van der Waals surface area (Å²) in [4.78, 5) is 0. The SMILES string of the molecule is CC(C#N)Nc1c(Br)cc(Br)cc1Br. The Hall–Kier alpha value is -0.0500. The van der Waals surface area contributed by atoms with Crippen molar-refractivity contribution in [3.63, 3.8) is 0 Å². The molecule has 0 fully saturated rings. The van der Waals surface area contributed by atoms with E-state index in [1.165, 1.54) is 0 Å². The van der Waals surface area contributed by atoms with Crippen LogP contribution in [0.4, 0.5) is 5.69 Å². The molecule has 0 aliphatic carbocycles. The molecule has 0 aliphatic rings. The molecule has 0 saturated carbocycles. The summed E-state index contributed by atoms with van der Waals surface area (Å²) in [5, 5.41) is 11.8. The minimum Gasteiger partial charge on any atom is -0.368 e. The van der Waals surface area contributed by atoms with Crippen LogP contribution in [-0.4, -0.2) is 6.04 Å². The smallest absolute Gasteiger partial charge is 0.111 e. The van der Waals surface area contributed by atoms with Gasteiger partial charge in [0.05, 0.1) is 11.8 Å². The third kappa shape index (κ3) is 2.97. The van der Waals surface area contributed by atoms with Gasteiger partial charge in [-0.25, -0.2) is 0 Å². The molecule has 1 rings (SSSR count). The maximum atomic E-state index is 8.68. The first-order valence-electron chi connectivity index (χ1n) is 3.85. The van der Waals surface area contributed by atoms with Gasteiger partial charge in [0.2, 0.25) is 0 Å². The molecule has 1 aromatic rings. The second-order valence-electron chi connectivity index (χ2n) is 2.74. The van der Waals surface area contributed by atoms with Crippen molar-refractivity contribution in [2.45, 2.75) is 13.0 Å². The fourth-order valence-electron chi connectivity index (χ4n) is 0.929. The van der Waals surface area contributed by atoms with E-state index in [1.54, 1.807) is 6.92 Å². The molecule has 74 valence electrons. The molecule has 0 spiro atoms. The summed E-state index contributed by atoms with van der Waals surface area (Å²) in [6.45, 7) is 1.81. The molecule has 1 atom stereocenters. The number of nitrogens with one attached hydrogen (secondary N) is 1. The predicted octanol–water partition coefficient (Wildman–Crippen LogP) is 4.30. The van der Waals surface area contributed by atoms with Crippen molar-refractivity contribution in [3.8, 4) is 6.07 Å². The van der Waals surface area contributed by atoms with Crippen LogP contribution in [0.15, 0.2) is 25.6 Å². The summed E-state index contributed by atoms with van der Waals surface area (Å²) in [6.07, 6.45) is 0. The highest BCUT2D eigenvalue weighted by molar-refractivity contribution is 9.11. The zero-order chi connectivity index (χ0) is 10.7. The van der Waals surface area contributed by atoms with Crippen molar-refractivity contribution in [1.29, 1.82) is 5.26 Å². The number of nitrogens with zero attached hydrogens (tertiary/aromatic N) is 1. The topological polar surface area (TPSA) is 35.8 Å². The molecule has 1 N–H and O–H groups in total. The Labute approximate surface area is 108 Å². The van der Waals surface area contributed by atoms with E-state index in [9.17, 15) is 0 Å². The van der Waals surface area contributed by atoms with Crippen molar-refractivity contribution in [3.05, 3.63) is 25.6 Å². The minimum absolute atomic E-state index is 0.219. The fraction of sp³-hybridized carbons (Fsp3) is 0.222. The summed E-state index contributed by atoms with van der Waals surface area (Å²) >= 11 is 10.2. The van der Waals surface area contributed by atoms with Gasteiger partial charge in [-0.1, -0.05) is 15.9 Å². The highest BCUT2D eigenvalue weighted by atomic mass is 79.9. The minimum atomic E-state index is -0.219. The Kier molecular flexibility index (Phi) is 4.42. The van der Waals surface area contributed by atoms with Crippen LogP contribution < -0.4 is 5.32 Å². The van der Waals surface area contributed by atoms with Crippen molar-refractivity contribution in [2.24, 2.45) is 0 Å². The predicted molar refractivity (Wildman–Crippen MR) is 68.2 cm³/mol. The Morgan fingerprint density at radius 1 is 1.29 bits per heavy atom. The van der Waals surface area contributed by atoms with Crippen LogP contribution in [0.2, 0.25) is 0 Å². The second-order valence-corrected chi connectivity index (χ2v) is 5.36. The number of halogens is 3. The van der Waals surface area contributed by atoms with Crippen molar-refractivity contribution >= 4 is 53.5 Å². The van der Waals surface area contributed by atoms with Gasteiger partial charge in [0.15, 0.2) is 0 Å². The zero-order valence-corrected chi connectivity index (χ0v) is 12.1. The lowest BCUT2D eigenvalue weighted by Gasteiger charge is -2.12. The molecule has 0 bridgehead atoms. The highest BCUT2D eigenvalue weighted by Gasteiger charge is 2.08. The average molecular weight is 383 g/mol. The zero-order valence-electron chi connectivity index (χ0n) is 7.31. The summed E-state index contributed by atoms with van der Waals surface area (Å²) in [5.74, 6) is 0. The Morgan fingerprint density at radius 2 is 1.79 bits per heavy atom. The first-order chi connectivity index (χ1) is 6.54. The van der Waals surface area contributed by atoms with E-state index in [0.29, 0.717) is 0 Å². The van der Waals surface area contributed by atoms with Crippen molar-refractivity contribution < 1.29 is 0 Å². The molecular formula is C9H7Br3N2. The van der Waals surface area contributed by atoms with E-state index in [2.05, 4.69) is 59.2 Å². The van der Waals surface area contributed by atoms with E-state index >= 15 is 0 Å². The number of rotatable bonds is 2. The van der Waals surface area contributed by atoms with Gasteiger partial charge in [0, 0.05) is 13.4 Å². The van der Waals surface area contributed by atoms with Crippen LogP contribution in [0.5, 0.6) is 0 Å². The van der Waals surface area contributed by atoms with E-state index in [-0.39, 0.29) is 6.04 Å². The van der Waals surface area contributed by atoms with Gasteiger partial charge in [-0.3, -0.25) is 0 Å². The summed E-state index contributed by atoms with van der Waals surface area (Å²) < 4.78 is 2.81.